The first-order chi connectivity index (χ1) is 7.54. The molecule has 0 radical (unpaired) electrons. The molecule has 0 N–H and O–H groups in total. The zero-order valence-corrected chi connectivity index (χ0v) is 10.4. The van der Waals surface area contributed by atoms with Crippen molar-refractivity contribution in [3.05, 3.63) is 17.5 Å². The molecule has 0 fully saturated rings. The van der Waals surface area contributed by atoms with Crippen LogP contribution in [0.4, 0.5) is 5.95 Å². The molecule has 1 aromatic heterocycles. The van der Waals surface area contributed by atoms with Crippen LogP contribution in [0.1, 0.15) is 31.7 Å². The molecule has 16 heavy (non-hydrogen) atoms. The van der Waals surface area contributed by atoms with Crippen molar-refractivity contribution in [1.29, 1.82) is 5.26 Å². The Balaban J connectivity index is 2.96. The molecule has 1 aromatic rings. The fraction of sp³-hybridized carbons (Fsp3) is 0.583. The van der Waals surface area contributed by atoms with Gasteiger partial charge in [0.2, 0.25) is 5.95 Å². The summed E-state index contributed by atoms with van der Waals surface area (Å²) in [5.74, 6) is 0.725. The number of nitrogens with zero attached hydrogens (tertiary/aromatic N) is 4. The summed E-state index contributed by atoms with van der Waals surface area (Å²) in [6.07, 6.45) is 0.495. The number of aryl methyl sites for hydroxylation is 2. The van der Waals surface area contributed by atoms with E-state index in [4.69, 9.17) is 5.26 Å². The van der Waals surface area contributed by atoms with E-state index in [0.29, 0.717) is 19.0 Å². The fourth-order valence-corrected chi connectivity index (χ4v) is 1.60. The van der Waals surface area contributed by atoms with Crippen molar-refractivity contribution in [2.75, 3.05) is 11.4 Å². The highest BCUT2D eigenvalue weighted by Gasteiger charge is 2.13. The van der Waals surface area contributed by atoms with Gasteiger partial charge in [0.15, 0.2) is 0 Å². The largest absolute Gasteiger partial charge is 0.337 e. The average Bonchev–Trinajstić information content (AvgIpc) is 2.16. The van der Waals surface area contributed by atoms with Gasteiger partial charge in [0, 0.05) is 24.0 Å². The smallest absolute Gasteiger partial charge is 0.226 e. The number of rotatable bonds is 4. The summed E-state index contributed by atoms with van der Waals surface area (Å²) in [6.45, 7) is 8.76. The molecule has 1 rings (SSSR count). The van der Waals surface area contributed by atoms with E-state index in [0.717, 1.165) is 17.3 Å². The zero-order valence-electron chi connectivity index (χ0n) is 10.4. The van der Waals surface area contributed by atoms with E-state index in [1.165, 1.54) is 0 Å². The Hall–Kier alpha value is -1.63. The van der Waals surface area contributed by atoms with E-state index < -0.39 is 0 Å². The molecule has 0 saturated carbocycles. The molecule has 0 bridgehead atoms. The van der Waals surface area contributed by atoms with Gasteiger partial charge in [-0.2, -0.15) is 5.26 Å². The molecular weight excluding hydrogens is 200 g/mol. The molecule has 0 aliphatic carbocycles. The monoisotopic (exact) mass is 218 g/mol. The maximum atomic E-state index is 8.64. The molecule has 4 heteroatoms. The van der Waals surface area contributed by atoms with Crippen molar-refractivity contribution >= 4 is 5.95 Å². The van der Waals surface area contributed by atoms with Gasteiger partial charge >= 0.3 is 0 Å². The van der Waals surface area contributed by atoms with Crippen molar-refractivity contribution in [3.63, 3.8) is 0 Å². The molecule has 0 atom stereocenters. The van der Waals surface area contributed by atoms with Gasteiger partial charge < -0.3 is 4.90 Å². The lowest BCUT2D eigenvalue weighted by Crippen LogP contribution is -2.33. The summed E-state index contributed by atoms with van der Waals surface area (Å²) in [6, 6.07) is 4.41. The third kappa shape index (κ3) is 3.20. The van der Waals surface area contributed by atoms with E-state index >= 15 is 0 Å². The highest BCUT2D eigenvalue weighted by molar-refractivity contribution is 5.33. The number of nitriles is 1. The number of aromatic nitrogens is 2. The first-order valence-corrected chi connectivity index (χ1v) is 5.50. The van der Waals surface area contributed by atoms with E-state index in [2.05, 4.69) is 34.8 Å². The summed E-state index contributed by atoms with van der Waals surface area (Å²) in [4.78, 5) is 10.9. The van der Waals surface area contributed by atoms with Gasteiger partial charge in [-0.3, -0.25) is 0 Å². The Labute approximate surface area is 96.9 Å². The maximum Gasteiger partial charge on any atom is 0.226 e. The topological polar surface area (TPSA) is 52.8 Å². The predicted octanol–water partition coefficient (Wildman–Crippen LogP) is 2.22. The third-order valence-corrected chi connectivity index (χ3v) is 2.32. The SMILES string of the molecule is Cc1cc(C)nc(N(CCC#N)C(C)C)n1. The minimum atomic E-state index is 0.301. The van der Waals surface area contributed by atoms with Gasteiger partial charge in [-0.15, -0.1) is 0 Å². The summed E-state index contributed by atoms with van der Waals surface area (Å²) in [7, 11) is 0. The summed E-state index contributed by atoms with van der Waals surface area (Å²) >= 11 is 0. The Morgan fingerprint density at radius 2 is 1.88 bits per heavy atom. The maximum absolute atomic E-state index is 8.64. The Kier molecular flexibility index (Phi) is 4.24. The Bertz CT molecular complexity index is 372. The van der Waals surface area contributed by atoms with Gasteiger partial charge in [0.1, 0.15) is 0 Å². The van der Waals surface area contributed by atoms with Crippen molar-refractivity contribution < 1.29 is 0 Å². The lowest BCUT2D eigenvalue weighted by Gasteiger charge is -2.26. The third-order valence-electron chi connectivity index (χ3n) is 2.32. The predicted molar refractivity (Wildman–Crippen MR) is 64.2 cm³/mol. The molecule has 4 nitrogen and oxygen atoms in total. The number of hydrogen-bond donors (Lipinski definition) is 0. The first kappa shape index (κ1) is 12.4. The minimum Gasteiger partial charge on any atom is -0.337 e. The van der Waals surface area contributed by atoms with Gasteiger partial charge in [0.05, 0.1) is 12.5 Å². The molecule has 0 amide bonds. The summed E-state index contributed by atoms with van der Waals surface area (Å²) in [5.41, 5.74) is 1.93. The van der Waals surface area contributed by atoms with Gasteiger partial charge in [-0.1, -0.05) is 0 Å². The van der Waals surface area contributed by atoms with Crippen LogP contribution in [0, 0.1) is 25.2 Å². The summed E-state index contributed by atoms with van der Waals surface area (Å²) < 4.78 is 0. The Morgan fingerprint density at radius 1 is 1.31 bits per heavy atom. The highest BCUT2D eigenvalue weighted by Crippen LogP contribution is 2.13. The lowest BCUT2D eigenvalue weighted by atomic mass is 10.3. The molecule has 0 aliphatic rings. The molecule has 0 aliphatic heterocycles. The Morgan fingerprint density at radius 3 is 2.31 bits per heavy atom. The number of anilines is 1. The number of hydrogen-bond acceptors (Lipinski definition) is 4. The molecule has 0 saturated heterocycles. The second-order valence-corrected chi connectivity index (χ2v) is 4.15. The van der Waals surface area contributed by atoms with E-state index in [-0.39, 0.29) is 0 Å². The molecule has 86 valence electrons. The lowest BCUT2D eigenvalue weighted by molar-refractivity contribution is 0.662. The molecule has 0 spiro atoms. The van der Waals surface area contributed by atoms with Crippen LogP contribution < -0.4 is 4.90 Å². The van der Waals surface area contributed by atoms with Crippen molar-refractivity contribution in [2.24, 2.45) is 0 Å². The highest BCUT2D eigenvalue weighted by atomic mass is 15.3. The van der Waals surface area contributed by atoms with Crippen molar-refractivity contribution in [3.8, 4) is 6.07 Å². The van der Waals surface area contributed by atoms with Crippen LogP contribution >= 0.6 is 0 Å². The quantitative estimate of drug-likeness (QED) is 0.777. The standard InChI is InChI=1S/C12H18N4/c1-9(2)16(7-5-6-13)12-14-10(3)8-11(4)15-12/h8-9H,5,7H2,1-4H3. The molecule has 0 aromatic carbocycles. The van der Waals surface area contributed by atoms with Crippen LogP contribution in [0.2, 0.25) is 0 Å². The summed E-state index contributed by atoms with van der Waals surface area (Å²) in [5, 5.41) is 8.64. The van der Waals surface area contributed by atoms with Gasteiger partial charge in [-0.25, -0.2) is 9.97 Å². The van der Waals surface area contributed by atoms with Crippen molar-refractivity contribution in [2.45, 2.75) is 40.2 Å². The average molecular weight is 218 g/mol. The van der Waals surface area contributed by atoms with Gasteiger partial charge in [-0.05, 0) is 33.8 Å². The van der Waals surface area contributed by atoms with Gasteiger partial charge in [0.25, 0.3) is 0 Å². The van der Waals surface area contributed by atoms with Crippen LogP contribution in [-0.2, 0) is 0 Å². The van der Waals surface area contributed by atoms with Crippen LogP contribution in [0.15, 0.2) is 6.07 Å². The fourth-order valence-electron chi connectivity index (χ4n) is 1.60. The minimum absolute atomic E-state index is 0.301. The van der Waals surface area contributed by atoms with Crippen molar-refractivity contribution in [1.82, 2.24) is 9.97 Å². The molecular formula is C12H18N4. The first-order valence-electron chi connectivity index (χ1n) is 5.50. The van der Waals surface area contributed by atoms with Crippen LogP contribution in [-0.4, -0.2) is 22.6 Å². The second-order valence-electron chi connectivity index (χ2n) is 4.15. The zero-order chi connectivity index (χ0) is 12.1. The normalized spacial score (nSPS) is 10.2. The van der Waals surface area contributed by atoms with Crippen LogP contribution in [0.3, 0.4) is 0 Å². The van der Waals surface area contributed by atoms with E-state index in [1.807, 2.05) is 19.9 Å². The van der Waals surface area contributed by atoms with E-state index in [9.17, 15) is 0 Å². The van der Waals surface area contributed by atoms with Crippen LogP contribution in [0.25, 0.3) is 0 Å². The van der Waals surface area contributed by atoms with E-state index in [1.54, 1.807) is 0 Å². The second kappa shape index (κ2) is 5.45. The van der Waals surface area contributed by atoms with Crippen LogP contribution in [0.5, 0.6) is 0 Å². The molecule has 0 unspecified atom stereocenters. The molecule has 1 heterocycles.